The standard InChI is InChI=1S/C26H26ClFN2O3S/c1-16-21(27)5-4-6-22(16)29-26(34)30-12-11-17-13-24(31-2)25(32-3)14-20(17)23(30)15-33-19-9-7-18(28)8-10-19/h4-10,13-14,23H,11-12,15H2,1-3H3,(H,29,34)/t23-/m1/s1. The lowest BCUT2D eigenvalue weighted by Gasteiger charge is -2.39. The summed E-state index contributed by atoms with van der Waals surface area (Å²) in [6.07, 6.45) is 0.777. The number of halogens is 2. The molecule has 1 heterocycles. The molecule has 5 nitrogen and oxygen atoms in total. The number of ether oxygens (including phenoxy) is 3. The van der Waals surface area contributed by atoms with Gasteiger partial charge in [0.1, 0.15) is 18.2 Å². The molecule has 0 amide bonds. The molecule has 1 atom stereocenters. The summed E-state index contributed by atoms with van der Waals surface area (Å²) in [5, 5.41) is 4.59. The zero-order chi connectivity index (χ0) is 24.2. The van der Waals surface area contributed by atoms with Crippen LogP contribution < -0.4 is 19.5 Å². The van der Waals surface area contributed by atoms with Gasteiger partial charge in [0, 0.05) is 17.3 Å². The molecule has 178 valence electrons. The van der Waals surface area contributed by atoms with E-state index in [4.69, 9.17) is 38.0 Å². The maximum Gasteiger partial charge on any atom is 0.174 e. The monoisotopic (exact) mass is 500 g/mol. The number of anilines is 1. The first-order valence-electron chi connectivity index (χ1n) is 10.9. The Kier molecular flexibility index (Phi) is 7.44. The van der Waals surface area contributed by atoms with Gasteiger partial charge in [-0.15, -0.1) is 0 Å². The van der Waals surface area contributed by atoms with Crippen LogP contribution in [0.3, 0.4) is 0 Å². The second kappa shape index (κ2) is 10.5. The minimum absolute atomic E-state index is 0.201. The highest BCUT2D eigenvalue weighted by Crippen LogP contribution is 2.39. The molecule has 0 spiro atoms. The summed E-state index contributed by atoms with van der Waals surface area (Å²) >= 11 is 12.1. The van der Waals surface area contributed by atoms with Crippen LogP contribution in [0, 0.1) is 12.7 Å². The zero-order valence-corrected chi connectivity index (χ0v) is 20.8. The Morgan fingerprint density at radius 3 is 2.53 bits per heavy atom. The van der Waals surface area contributed by atoms with Crippen molar-refractivity contribution in [2.75, 3.05) is 32.7 Å². The molecule has 1 N–H and O–H groups in total. The number of rotatable bonds is 6. The van der Waals surface area contributed by atoms with Crippen molar-refractivity contribution in [1.29, 1.82) is 0 Å². The minimum Gasteiger partial charge on any atom is -0.493 e. The fraction of sp³-hybridized carbons (Fsp3) is 0.269. The van der Waals surface area contributed by atoms with Crippen molar-refractivity contribution in [3.8, 4) is 17.2 Å². The third kappa shape index (κ3) is 5.05. The van der Waals surface area contributed by atoms with E-state index in [-0.39, 0.29) is 11.9 Å². The van der Waals surface area contributed by atoms with E-state index in [2.05, 4.69) is 10.2 Å². The van der Waals surface area contributed by atoms with E-state index in [0.29, 0.717) is 40.5 Å². The summed E-state index contributed by atoms with van der Waals surface area (Å²) < 4.78 is 30.5. The number of methoxy groups -OCH3 is 2. The Labute approximate surface area is 209 Å². The highest BCUT2D eigenvalue weighted by Gasteiger charge is 2.31. The molecule has 34 heavy (non-hydrogen) atoms. The van der Waals surface area contributed by atoms with Gasteiger partial charge in [-0.2, -0.15) is 0 Å². The first-order valence-corrected chi connectivity index (χ1v) is 11.7. The van der Waals surface area contributed by atoms with Crippen LogP contribution >= 0.6 is 23.8 Å². The molecule has 3 aromatic carbocycles. The van der Waals surface area contributed by atoms with Crippen LogP contribution in [0.4, 0.5) is 10.1 Å². The molecule has 0 radical (unpaired) electrons. The van der Waals surface area contributed by atoms with Crippen LogP contribution in [0.15, 0.2) is 54.6 Å². The molecule has 1 aliphatic heterocycles. The van der Waals surface area contributed by atoms with Crippen LogP contribution in [-0.4, -0.2) is 37.4 Å². The highest BCUT2D eigenvalue weighted by molar-refractivity contribution is 7.80. The maximum absolute atomic E-state index is 13.3. The Hall–Kier alpha value is -3.03. The number of hydrogen-bond acceptors (Lipinski definition) is 4. The van der Waals surface area contributed by atoms with E-state index < -0.39 is 0 Å². The Morgan fingerprint density at radius 2 is 1.82 bits per heavy atom. The van der Waals surface area contributed by atoms with Crippen molar-refractivity contribution in [1.82, 2.24) is 4.90 Å². The van der Waals surface area contributed by atoms with Gasteiger partial charge in [-0.3, -0.25) is 0 Å². The van der Waals surface area contributed by atoms with Gasteiger partial charge in [0.2, 0.25) is 0 Å². The molecule has 0 aromatic heterocycles. The molecule has 0 unspecified atom stereocenters. The van der Waals surface area contributed by atoms with Crippen molar-refractivity contribution >= 4 is 34.6 Å². The smallest absolute Gasteiger partial charge is 0.174 e. The number of nitrogens with one attached hydrogen (secondary N) is 1. The molecule has 0 saturated carbocycles. The van der Waals surface area contributed by atoms with E-state index in [1.807, 2.05) is 37.3 Å². The van der Waals surface area contributed by atoms with Gasteiger partial charge in [0.05, 0.1) is 20.3 Å². The number of nitrogens with zero attached hydrogens (tertiary/aromatic N) is 1. The third-order valence-electron chi connectivity index (χ3n) is 5.99. The number of fused-ring (bicyclic) bond motifs is 1. The van der Waals surface area contributed by atoms with Gasteiger partial charge >= 0.3 is 0 Å². The SMILES string of the molecule is COc1cc2c(cc1OC)[C@@H](COc1ccc(F)cc1)N(C(=S)Nc1cccc(Cl)c1C)CC2. The van der Waals surface area contributed by atoms with Crippen molar-refractivity contribution in [3.63, 3.8) is 0 Å². The predicted molar refractivity (Wildman–Crippen MR) is 137 cm³/mol. The van der Waals surface area contributed by atoms with Gasteiger partial charge < -0.3 is 24.4 Å². The summed E-state index contributed by atoms with van der Waals surface area (Å²) in [6.45, 7) is 2.95. The molecule has 0 fully saturated rings. The van der Waals surface area contributed by atoms with Crippen LogP contribution in [0.2, 0.25) is 5.02 Å². The minimum atomic E-state index is -0.309. The van der Waals surface area contributed by atoms with Gasteiger partial charge in [0.15, 0.2) is 16.6 Å². The lowest BCUT2D eigenvalue weighted by molar-refractivity contribution is 0.190. The summed E-state index contributed by atoms with van der Waals surface area (Å²) in [5.74, 6) is 1.59. The number of thiocarbonyl (C=S) groups is 1. The van der Waals surface area contributed by atoms with Gasteiger partial charge in [-0.05, 0) is 90.8 Å². The Bertz CT molecular complexity index is 1190. The van der Waals surface area contributed by atoms with Crippen molar-refractivity contribution < 1.29 is 18.6 Å². The summed E-state index contributed by atoms with van der Waals surface area (Å²) in [5.41, 5.74) is 3.96. The van der Waals surface area contributed by atoms with Crippen LogP contribution in [-0.2, 0) is 6.42 Å². The van der Waals surface area contributed by atoms with Crippen molar-refractivity contribution in [2.45, 2.75) is 19.4 Å². The predicted octanol–water partition coefficient (Wildman–Crippen LogP) is 6.18. The van der Waals surface area contributed by atoms with E-state index in [0.717, 1.165) is 28.8 Å². The molecule has 0 aliphatic carbocycles. The lowest BCUT2D eigenvalue weighted by Crippen LogP contribution is -2.44. The average molecular weight is 501 g/mol. The van der Waals surface area contributed by atoms with Gasteiger partial charge in [-0.25, -0.2) is 4.39 Å². The zero-order valence-electron chi connectivity index (χ0n) is 19.2. The van der Waals surface area contributed by atoms with Crippen molar-refractivity contribution in [2.24, 2.45) is 0 Å². The molecule has 0 saturated heterocycles. The van der Waals surface area contributed by atoms with E-state index >= 15 is 0 Å². The summed E-state index contributed by atoms with van der Waals surface area (Å²) in [6, 6.07) is 15.5. The second-order valence-electron chi connectivity index (χ2n) is 7.97. The van der Waals surface area contributed by atoms with E-state index in [1.165, 1.54) is 12.1 Å². The molecular weight excluding hydrogens is 475 g/mol. The fourth-order valence-electron chi connectivity index (χ4n) is 4.09. The molecule has 8 heteroatoms. The normalized spacial score (nSPS) is 14.9. The van der Waals surface area contributed by atoms with Gasteiger partial charge in [-0.1, -0.05) is 17.7 Å². The summed E-state index contributed by atoms with van der Waals surface area (Å²) in [4.78, 5) is 2.10. The van der Waals surface area contributed by atoms with Gasteiger partial charge in [0.25, 0.3) is 0 Å². The second-order valence-corrected chi connectivity index (χ2v) is 8.77. The van der Waals surface area contributed by atoms with Crippen LogP contribution in [0.1, 0.15) is 22.7 Å². The van der Waals surface area contributed by atoms with Crippen LogP contribution in [0.5, 0.6) is 17.2 Å². The summed E-state index contributed by atoms with van der Waals surface area (Å²) in [7, 11) is 3.24. The lowest BCUT2D eigenvalue weighted by atomic mass is 9.92. The largest absolute Gasteiger partial charge is 0.493 e. The van der Waals surface area contributed by atoms with Crippen LogP contribution in [0.25, 0.3) is 0 Å². The topological polar surface area (TPSA) is 43.0 Å². The number of benzene rings is 3. The molecular formula is C26H26ClFN2O3S. The highest BCUT2D eigenvalue weighted by atomic mass is 35.5. The molecule has 3 aromatic rings. The Morgan fingerprint density at radius 1 is 1.12 bits per heavy atom. The first-order chi connectivity index (χ1) is 16.4. The molecule has 0 bridgehead atoms. The van der Waals surface area contributed by atoms with Crippen molar-refractivity contribution in [3.05, 3.63) is 82.1 Å². The fourth-order valence-corrected chi connectivity index (χ4v) is 4.59. The molecule has 4 rings (SSSR count). The quantitative estimate of drug-likeness (QED) is 0.408. The molecule has 1 aliphatic rings. The van der Waals surface area contributed by atoms with E-state index in [1.54, 1.807) is 26.4 Å². The van der Waals surface area contributed by atoms with E-state index in [9.17, 15) is 4.39 Å². The maximum atomic E-state index is 13.3. The Balaban J connectivity index is 1.66. The first kappa shape index (κ1) is 24.1. The third-order valence-corrected chi connectivity index (χ3v) is 6.74. The number of hydrogen-bond donors (Lipinski definition) is 1. The average Bonchev–Trinajstić information content (AvgIpc) is 2.85.